The van der Waals surface area contributed by atoms with Gasteiger partial charge in [-0.1, -0.05) is 24.6 Å². The van der Waals surface area contributed by atoms with Gasteiger partial charge in [-0.15, -0.1) is 6.58 Å². The van der Waals surface area contributed by atoms with Gasteiger partial charge in [-0.05, 0) is 26.2 Å². The number of hydrogen-bond donors (Lipinski definition) is 1. The summed E-state index contributed by atoms with van der Waals surface area (Å²) in [5.74, 6) is 0.186. The molecule has 0 spiro atoms. The van der Waals surface area contributed by atoms with Gasteiger partial charge >= 0.3 is 0 Å². The molecule has 0 rings (SSSR count). The topological polar surface area (TPSA) is 20.2 Å². The third kappa shape index (κ3) is 4.79. The van der Waals surface area contributed by atoms with Crippen molar-refractivity contribution in [1.29, 1.82) is 0 Å². The summed E-state index contributed by atoms with van der Waals surface area (Å²) in [6.45, 7) is 9.66. The van der Waals surface area contributed by atoms with Gasteiger partial charge in [-0.25, -0.2) is 0 Å². The van der Waals surface area contributed by atoms with Crippen LogP contribution in [0.25, 0.3) is 0 Å². The summed E-state index contributed by atoms with van der Waals surface area (Å²) in [4.78, 5) is 0. The smallest absolute Gasteiger partial charge is 0.0634 e. The largest absolute Gasteiger partial charge is 0.392 e. The van der Waals surface area contributed by atoms with Crippen molar-refractivity contribution in [1.82, 2.24) is 0 Å². The Hall–Kier alpha value is -0.560. The second kappa shape index (κ2) is 5.14. The van der Waals surface area contributed by atoms with Crippen molar-refractivity contribution < 1.29 is 5.11 Å². The number of aliphatic hydroxyl groups is 1. The zero-order valence-corrected chi connectivity index (χ0v) is 7.67. The van der Waals surface area contributed by atoms with Crippen LogP contribution in [0.3, 0.4) is 0 Å². The van der Waals surface area contributed by atoms with Crippen LogP contribution in [0.15, 0.2) is 24.3 Å². The van der Waals surface area contributed by atoms with E-state index < -0.39 is 0 Å². The van der Waals surface area contributed by atoms with Crippen LogP contribution in [-0.4, -0.2) is 11.2 Å². The third-order valence-electron chi connectivity index (χ3n) is 1.75. The Morgan fingerprint density at radius 1 is 1.55 bits per heavy atom. The fourth-order valence-electron chi connectivity index (χ4n) is 0.728. The summed E-state index contributed by atoms with van der Waals surface area (Å²) in [7, 11) is 0. The maximum absolute atomic E-state index is 9.45. The summed E-state index contributed by atoms with van der Waals surface area (Å²) in [6.07, 6.45) is 4.28. The minimum atomic E-state index is -0.276. The number of aliphatic hydroxyl groups excluding tert-OH is 1. The Bertz CT molecular complexity index is 143. The van der Waals surface area contributed by atoms with Crippen molar-refractivity contribution >= 4 is 0 Å². The van der Waals surface area contributed by atoms with E-state index in [9.17, 15) is 5.11 Å². The molecule has 0 aliphatic rings. The van der Waals surface area contributed by atoms with E-state index in [0.717, 1.165) is 6.42 Å². The first-order valence-electron chi connectivity index (χ1n) is 4.02. The Balaban J connectivity index is 3.77. The lowest BCUT2D eigenvalue weighted by Crippen LogP contribution is -2.14. The first kappa shape index (κ1) is 10.4. The molecule has 0 aliphatic carbocycles. The average molecular weight is 154 g/mol. The predicted octanol–water partition coefficient (Wildman–Crippen LogP) is 2.53. The molecule has 1 nitrogen and oxygen atoms in total. The first-order chi connectivity index (χ1) is 5.07. The lowest BCUT2D eigenvalue weighted by molar-refractivity contribution is 0.141. The van der Waals surface area contributed by atoms with Crippen molar-refractivity contribution in [2.24, 2.45) is 5.92 Å². The second-order valence-electron chi connectivity index (χ2n) is 3.18. The molecule has 11 heavy (non-hydrogen) atoms. The highest BCUT2D eigenvalue weighted by atomic mass is 16.3. The number of rotatable bonds is 4. The van der Waals surface area contributed by atoms with Gasteiger partial charge in [0, 0.05) is 0 Å². The molecule has 0 heterocycles. The van der Waals surface area contributed by atoms with Gasteiger partial charge in [0.1, 0.15) is 0 Å². The average Bonchev–Trinajstić information content (AvgIpc) is 1.98. The summed E-state index contributed by atoms with van der Waals surface area (Å²) in [5.41, 5.74) is 1.25. The monoisotopic (exact) mass is 154 g/mol. The van der Waals surface area contributed by atoms with Crippen LogP contribution < -0.4 is 0 Å². The van der Waals surface area contributed by atoms with Crippen LogP contribution >= 0.6 is 0 Å². The maximum Gasteiger partial charge on any atom is 0.0634 e. The maximum atomic E-state index is 9.45. The van der Waals surface area contributed by atoms with Gasteiger partial charge in [0.15, 0.2) is 0 Å². The molecule has 1 heteroatoms. The van der Waals surface area contributed by atoms with Crippen molar-refractivity contribution in [3.63, 3.8) is 0 Å². The van der Waals surface area contributed by atoms with E-state index in [4.69, 9.17) is 0 Å². The molecule has 2 atom stereocenters. The lowest BCUT2D eigenvalue weighted by Gasteiger charge is -2.12. The fourth-order valence-corrected chi connectivity index (χ4v) is 0.728. The molecule has 1 N–H and O–H groups in total. The molecule has 0 aromatic carbocycles. The van der Waals surface area contributed by atoms with Gasteiger partial charge in [0.05, 0.1) is 6.10 Å². The molecule has 0 aromatic rings. The van der Waals surface area contributed by atoms with Gasteiger partial charge in [0.2, 0.25) is 0 Å². The van der Waals surface area contributed by atoms with Crippen molar-refractivity contribution in [3.05, 3.63) is 24.3 Å². The summed E-state index contributed by atoms with van der Waals surface area (Å²) in [5, 5.41) is 9.45. The zero-order valence-electron chi connectivity index (χ0n) is 7.67. The molecule has 0 saturated carbocycles. The molecular weight excluding hydrogens is 136 g/mol. The van der Waals surface area contributed by atoms with Crippen molar-refractivity contribution in [3.8, 4) is 0 Å². The molecule has 2 unspecified atom stereocenters. The normalized spacial score (nSPS) is 15.3. The molecule has 0 amide bonds. The van der Waals surface area contributed by atoms with Crippen molar-refractivity contribution in [2.75, 3.05) is 0 Å². The highest BCUT2D eigenvalue weighted by Gasteiger charge is 2.07. The zero-order chi connectivity index (χ0) is 8.85. The molecule has 64 valence electrons. The molecule has 0 fully saturated rings. The SMILES string of the molecule is C=CC(C)C(O)CC=C(C)C. The van der Waals surface area contributed by atoms with E-state index >= 15 is 0 Å². The highest BCUT2D eigenvalue weighted by Crippen LogP contribution is 2.09. The molecule has 0 saturated heterocycles. The molecular formula is C10H18O. The Labute approximate surface area is 69.4 Å². The Morgan fingerprint density at radius 3 is 2.45 bits per heavy atom. The van der Waals surface area contributed by atoms with E-state index in [1.807, 2.05) is 26.8 Å². The van der Waals surface area contributed by atoms with Crippen LogP contribution in [0, 0.1) is 5.92 Å². The van der Waals surface area contributed by atoms with E-state index in [0.29, 0.717) is 0 Å². The van der Waals surface area contributed by atoms with Gasteiger partial charge < -0.3 is 5.11 Å². The van der Waals surface area contributed by atoms with Gasteiger partial charge in [0.25, 0.3) is 0 Å². The van der Waals surface area contributed by atoms with Crippen LogP contribution in [-0.2, 0) is 0 Å². The molecule has 0 aliphatic heterocycles. The third-order valence-corrected chi connectivity index (χ3v) is 1.75. The number of hydrogen-bond acceptors (Lipinski definition) is 1. The quantitative estimate of drug-likeness (QED) is 0.617. The van der Waals surface area contributed by atoms with Crippen molar-refractivity contribution in [2.45, 2.75) is 33.3 Å². The molecule has 0 radical (unpaired) electrons. The Kier molecular flexibility index (Phi) is 4.88. The minimum absolute atomic E-state index is 0.186. The number of allylic oxidation sites excluding steroid dienone is 1. The highest BCUT2D eigenvalue weighted by molar-refractivity contribution is 4.96. The summed E-state index contributed by atoms with van der Waals surface area (Å²) < 4.78 is 0. The van der Waals surface area contributed by atoms with Crippen LogP contribution in [0.4, 0.5) is 0 Å². The molecule has 0 bridgehead atoms. The van der Waals surface area contributed by atoms with Crippen LogP contribution in [0.1, 0.15) is 27.2 Å². The Morgan fingerprint density at radius 2 is 2.09 bits per heavy atom. The minimum Gasteiger partial charge on any atom is -0.392 e. The van der Waals surface area contributed by atoms with E-state index in [2.05, 4.69) is 6.58 Å². The fraction of sp³-hybridized carbons (Fsp3) is 0.600. The summed E-state index contributed by atoms with van der Waals surface area (Å²) >= 11 is 0. The van der Waals surface area contributed by atoms with Crippen LogP contribution in [0.2, 0.25) is 0 Å². The molecule has 0 aromatic heterocycles. The lowest BCUT2D eigenvalue weighted by atomic mass is 10.0. The van der Waals surface area contributed by atoms with E-state index in [-0.39, 0.29) is 12.0 Å². The van der Waals surface area contributed by atoms with E-state index in [1.165, 1.54) is 5.57 Å². The van der Waals surface area contributed by atoms with Gasteiger partial charge in [-0.3, -0.25) is 0 Å². The van der Waals surface area contributed by atoms with Crippen LogP contribution in [0.5, 0.6) is 0 Å². The second-order valence-corrected chi connectivity index (χ2v) is 3.18. The van der Waals surface area contributed by atoms with E-state index in [1.54, 1.807) is 6.08 Å². The predicted molar refractivity (Wildman–Crippen MR) is 49.4 cm³/mol. The standard InChI is InChI=1S/C10H18O/c1-5-9(4)10(11)7-6-8(2)3/h5-6,9-11H,1,7H2,2-4H3. The first-order valence-corrected chi connectivity index (χ1v) is 4.02. The summed E-state index contributed by atoms with van der Waals surface area (Å²) in [6, 6.07) is 0. The van der Waals surface area contributed by atoms with Gasteiger partial charge in [-0.2, -0.15) is 0 Å².